The second-order valence-corrected chi connectivity index (χ2v) is 7.02. The molecule has 0 radical (unpaired) electrons. The first-order valence-electron chi connectivity index (χ1n) is 6.81. The van der Waals surface area contributed by atoms with Gasteiger partial charge in [-0.15, -0.1) is 0 Å². The zero-order valence-corrected chi connectivity index (χ0v) is 12.8. The van der Waals surface area contributed by atoms with E-state index < -0.39 is 10.0 Å². The highest BCUT2D eigenvalue weighted by atomic mass is 32.2. The van der Waals surface area contributed by atoms with Gasteiger partial charge in [-0.1, -0.05) is 6.07 Å². The Morgan fingerprint density at radius 1 is 1.40 bits per heavy atom. The first-order valence-corrected chi connectivity index (χ1v) is 8.25. The van der Waals surface area contributed by atoms with Gasteiger partial charge >= 0.3 is 0 Å². The molecule has 0 bridgehead atoms. The lowest BCUT2D eigenvalue weighted by Gasteiger charge is -2.22. The predicted octanol–water partition coefficient (Wildman–Crippen LogP) is 1.25. The summed E-state index contributed by atoms with van der Waals surface area (Å²) in [5.74, 6) is 0. The molecule has 0 saturated heterocycles. The van der Waals surface area contributed by atoms with Gasteiger partial charge in [0.1, 0.15) is 0 Å². The van der Waals surface area contributed by atoms with Crippen molar-refractivity contribution in [2.75, 3.05) is 20.3 Å². The van der Waals surface area contributed by atoms with Gasteiger partial charge in [0.05, 0.1) is 11.5 Å². The quantitative estimate of drug-likeness (QED) is 0.822. The summed E-state index contributed by atoms with van der Waals surface area (Å²) in [4.78, 5) is 0.326. The summed E-state index contributed by atoms with van der Waals surface area (Å²) in [5, 5.41) is 0. The van der Waals surface area contributed by atoms with Crippen LogP contribution in [0.4, 0.5) is 0 Å². The van der Waals surface area contributed by atoms with E-state index in [9.17, 15) is 8.42 Å². The number of hydrogen-bond donors (Lipinski definition) is 1. The fourth-order valence-corrected chi connectivity index (χ4v) is 3.93. The Labute approximate surface area is 120 Å². The number of nitrogens with two attached hydrogens (primary N) is 1. The molecule has 1 fully saturated rings. The fourth-order valence-electron chi connectivity index (χ4n) is 2.21. The van der Waals surface area contributed by atoms with Gasteiger partial charge in [-0.25, -0.2) is 8.42 Å². The van der Waals surface area contributed by atoms with E-state index in [1.54, 1.807) is 23.5 Å². The molecule has 1 aliphatic carbocycles. The van der Waals surface area contributed by atoms with E-state index in [1.807, 2.05) is 13.0 Å². The average Bonchev–Trinajstić information content (AvgIpc) is 3.24. The van der Waals surface area contributed by atoms with Crippen LogP contribution in [0.2, 0.25) is 0 Å². The number of ether oxygens (including phenoxy) is 1. The van der Waals surface area contributed by atoms with Crippen LogP contribution < -0.4 is 5.73 Å². The molecule has 0 aliphatic heterocycles. The lowest BCUT2D eigenvalue weighted by molar-refractivity contribution is 0.177. The highest BCUT2D eigenvalue weighted by Gasteiger charge is 2.37. The molecule has 2 rings (SSSR count). The number of methoxy groups -OCH3 is 1. The zero-order chi connectivity index (χ0) is 14.8. The molecule has 1 aromatic carbocycles. The van der Waals surface area contributed by atoms with Crippen LogP contribution in [0.1, 0.15) is 24.0 Å². The third kappa shape index (κ3) is 3.20. The number of aryl methyl sites for hydroxylation is 1. The van der Waals surface area contributed by atoms with E-state index in [4.69, 9.17) is 10.5 Å². The molecule has 1 aliphatic rings. The summed E-state index contributed by atoms with van der Waals surface area (Å²) in [6, 6.07) is 5.28. The van der Waals surface area contributed by atoms with Crippen LogP contribution in [-0.2, 0) is 21.3 Å². The lowest BCUT2D eigenvalue weighted by atomic mass is 10.1. The molecule has 0 atom stereocenters. The summed E-state index contributed by atoms with van der Waals surface area (Å²) >= 11 is 0. The number of nitrogens with zero attached hydrogens (tertiary/aromatic N) is 1. The summed E-state index contributed by atoms with van der Waals surface area (Å²) < 4.78 is 32.0. The maximum absolute atomic E-state index is 12.7. The largest absolute Gasteiger partial charge is 0.383 e. The van der Waals surface area contributed by atoms with Gasteiger partial charge in [-0.2, -0.15) is 4.31 Å². The van der Waals surface area contributed by atoms with Gasteiger partial charge in [-0.3, -0.25) is 0 Å². The number of benzene rings is 1. The molecule has 1 saturated carbocycles. The third-order valence-corrected chi connectivity index (χ3v) is 5.56. The molecule has 0 unspecified atom stereocenters. The van der Waals surface area contributed by atoms with Crippen molar-refractivity contribution in [3.05, 3.63) is 29.3 Å². The van der Waals surface area contributed by atoms with Crippen molar-refractivity contribution in [1.82, 2.24) is 4.31 Å². The second-order valence-electron chi connectivity index (χ2n) is 5.13. The van der Waals surface area contributed by atoms with Crippen molar-refractivity contribution in [3.8, 4) is 0 Å². The van der Waals surface area contributed by atoms with Crippen molar-refractivity contribution in [2.45, 2.75) is 37.2 Å². The van der Waals surface area contributed by atoms with Gasteiger partial charge in [0.2, 0.25) is 10.0 Å². The Morgan fingerprint density at radius 2 is 2.10 bits per heavy atom. The van der Waals surface area contributed by atoms with Gasteiger partial charge < -0.3 is 10.5 Å². The normalized spacial score (nSPS) is 15.8. The highest BCUT2D eigenvalue weighted by Crippen LogP contribution is 2.32. The lowest BCUT2D eigenvalue weighted by Crippen LogP contribution is -2.35. The summed E-state index contributed by atoms with van der Waals surface area (Å²) in [6.45, 7) is 3.08. The van der Waals surface area contributed by atoms with E-state index in [0.717, 1.165) is 24.0 Å². The van der Waals surface area contributed by atoms with E-state index >= 15 is 0 Å². The van der Waals surface area contributed by atoms with Gasteiger partial charge in [0.15, 0.2) is 0 Å². The highest BCUT2D eigenvalue weighted by molar-refractivity contribution is 7.89. The monoisotopic (exact) mass is 298 g/mol. The van der Waals surface area contributed by atoms with Crippen LogP contribution >= 0.6 is 0 Å². The van der Waals surface area contributed by atoms with Crippen molar-refractivity contribution >= 4 is 10.0 Å². The SMILES string of the molecule is COCCN(C1CC1)S(=O)(=O)c1ccc(C)c(CN)c1. The summed E-state index contributed by atoms with van der Waals surface area (Å²) in [5.41, 5.74) is 7.55. The molecular formula is C14H22N2O3S. The van der Waals surface area contributed by atoms with E-state index in [0.29, 0.717) is 24.6 Å². The molecule has 0 heterocycles. The van der Waals surface area contributed by atoms with Crippen LogP contribution in [0.15, 0.2) is 23.1 Å². The average molecular weight is 298 g/mol. The minimum Gasteiger partial charge on any atom is -0.383 e. The Balaban J connectivity index is 2.32. The Hall–Kier alpha value is -0.950. The van der Waals surface area contributed by atoms with Crippen molar-refractivity contribution < 1.29 is 13.2 Å². The topological polar surface area (TPSA) is 72.6 Å². The molecule has 1 aromatic rings. The fraction of sp³-hybridized carbons (Fsp3) is 0.571. The number of rotatable bonds is 7. The smallest absolute Gasteiger partial charge is 0.243 e. The molecule has 5 nitrogen and oxygen atoms in total. The van der Waals surface area contributed by atoms with Crippen LogP contribution in [0.25, 0.3) is 0 Å². The third-order valence-electron chi connectivity index (χ3n) is 3.62. The van der Waals surface area contributed by atoms with Gasteiger partial charge in [-0.05, 0) is 43.0 Å². The molecule has 20 heavy (non-hydrogen) atoms. The summed E-state index contributed by atoms with van der Waals surface area (Å²) in [7, 11) is -1.88. The minimum atomic E-state index is -3.46. The molecular weight excluding hydrogens is 276 g/mol. The molecule has 2 N–H and O–H groups in total. The molecule has 0 aromatic heterocycles. The molecule has 0 spiro atoms. The number of sulfonamides is 1. The number of hydrogen-bond acceptors (Lipinski definition) is 4. The van der Waals surface area contributed by atoms with Crippen LogP contribution in [0.5, 0.6) is 0 Å². The van der Waals surface area contributed by atoms with Crippen LogP contribution in [0.3, 0.4) is 0 Å². The molecule has 0 amide bonds. The Kier molecular flexibility index (Phi) is 4.80. The molecule has 6 heteroatoms. The van der Waals surface area contributed by atoms with Crippen molar-refractivity contribution in [2.24, 2.45) is 5.73 Å². The first kappa shape index (κ1) is 15.4. The standard InChI is InChI=1S/C14H22N2O3S/c1-11-3-6-14(9-12(11)10-15)20(17,18)16(7-8-19-2)13-4-5-13/h3,6,9,13H,4-5,7-8,10,15H2,1-2H3. The maximum Gasteiger partial charge on any atom is 0.243 e. The molecule has 112 valence electrons. The minimum absolute atomic E-state index is 0.123. The van der Waals surface area contributed by atoms with Gasteiger partial charge in [0, 0.05) is 26.2 Å². The van der Waals surface area contributed by atoms with E-state index in [2.05, 4.69) is 0 Å². The van der Waals surface area contributed by atoms with E-state index in [1.165, 1.54) is 0 Å². The zero-order valence-electron chi connectivity index (χ0n) is 12.0. The predicted molar refractivity (Wildman–Crippen MR) is 77.9 cm³/mol. The van der Waals surface area contributed by atoms with E-state index in [-0.39, 0.29) is 6.04 Å². The Morgan fingerprint density at radius 3 is 2.65 bits per heavy atom. The van der Waals surface area contributed by atoms with Crippen LogP contribution in [-0.4, -0.2) is 39.0 Å². The first-order chi connectivity index (χ1) is 9.50. The summed E-state index contributed by atoms with van der Waals surface area (Å²) in [6.07, 6.45) is 1.86. The van der Waals surface area contributed by atoms with Crippen LogP contribution in [0, 0.1) is 6.92 Å². The Bertz CT molecular complexity index is 568. The second kappa shape index (κ2) is 6.22. The van der Waals surface area contributed by atoms with Crippen molar-refractivity contribution in [3.63, 3.8) is 0 Å². The van der Waals surface area contributed by atoms with Gasteiger partial charge in [0.25, 0.3) is 0 Å². The van der Waals surface area contributed by atoms with Crippen molar-refractivity contribution in [1.29, 1.82) is 0 Å². The maximum atomic E-state index is 12.7.